The molecule has 0 saturated heterocycles. The van der Waals surface area contributed by atoms with Crippen molar-refractivity contribution < 1.29 is 19.5 Å². The predicted octanol–water partition coefficient (Wildman–Crippen LogP) is 4.28. The van der Waals surface area contributed by atoms with E-state index in [1.807, 2.05) is 30.3 Å². The maximum Gasteiger partial charge on any atom is 0.319 e. The summed E-state index contributed by atoms with van der Waals surface area (Å²) < 4.78 is 0. The van der Waals surface area contributed by atoms with Crippen molar-refractivity contribution in [1.29, 1.82) is 0 Å². The molecule has 0 saturated carbocycles. The molecule has 0 atom stereocenters. The summed E-state index contributed by atoms with van der Waals surface area (Å²) in [5.41, 5.74) is 3.14. The number of para-hydroxylation sites is 1. The van der Waals surface area contributed by atoms with Crippen LogP contribution in [0, 0.1) is 0 Å². The van der Waals surface area contributed by atoms with Crippen molar-refractivity contribution in [1.82, 2.24) is 5.32 Å². The van der Waals surface area contributed by atoms with Gasteiger partial charge in [0.05, 0.1) is 0 Å². The lowest BCUT2D eigenvalue weighted by Gasteiger charge is -2.12. The monoisotopic (exact) mass is 417 g/mol. The van der Waals surface area contributed by atoms with Gasteiger partial charge in [0.1, 0.15) is 0 Å². The minimum absolute atomic E-state index is 0.0234. The molecular formula is C24H23N3O4. The summed E-state index contributed by atoms with van der Waals surface area (Å²) in [6.07, 6.45) is 0.291. The minimum Gasteiger partial charge on any atom is -0.481 e. The molecule has 0 aliphatic carbocycles. The number of benzene rings is 3. The van der Waals surface area contributed by atoms with E-state index < -0.39 is 5.97 Å². The average Bonchev–Trinajstić information content (AvgIpc) is 2.78. The summed E-state index contributed by atoms with van der Waals surface area (Å²) in [6.45, 7) is 0.389. The molecular weight excluding hydrogens is 394 g/mol. The number of aliphatic carboxylic acids is 1. The number of urea groups is 1. The first-order valence-electron chi connectivity index (χ1n) is 9.81. The zero-order valence-corrected chi connectivity index (χ0v) is 16.8. The van der Waals surface area contributed by atoms with Gasteiger partial charge in [0.25, 0.3) is 5.91 Å². The molecule has 3 aromatic carbocycles. The molecule has 0 aliphatic rings. The van der Waals surface area contributed by atoms with Crippen LogP contribution in [0.5, 0.6) is 0 Å². The Balaban J connectivity index is 1.61. The van der Waals surface area contributed by atoms with E-state index >= 15 is 0 Å². The quantitative estimate of drug-likeness (QED) is 0.439. The van der Waals surface area contributed by atoms with Crippen LogP contribution in [-0.2, 0) is 17.8 Å². The maximum absolute atomic E-state index is 12.7. The van der Waals surface area contributed by atoms with Crippen molar-refractivity contribution in [2.75, 3.05) is 10.6 Å². The summed E-state index contributed by atoms with van der Waals surface area (Å²) >= 11 is 0. The first kappa shape index (κ1) is 21.6. The second kappa shape index (κ2) is 10.6. The van der Waals surface area contributed by atoms with Crippen molar-refractivity contribution in [2.45, 2.75) is 19.4 Å². The van der Waals surface area contributed by atoms with Crippen molar-refractivity contribution in [3.05, 3.63) is 95.6 Å². The van der Waals surface area contributed by atoms with Gasteiger partial charge in [-0.15, -0.1) is 0 Å². The highest BCUT2D eigenvalue weighted by Crippen LogP contribution is 2.19. The summed E-state index contributed by atoms with van der Waals surface area (Å²) in [4.78, 5) is 35.7. The average molecular weight is 417 g/mol. The first-order chi connectivity index (χ1) is 15.0. The zero-order valence-electron chi connectivity index (χ0n) is 16.8. The van der Waals surface area contributed by atoms with Gasteiger partial charge in [0, 0.05) is 29.9 Å². The van der Waals surface area contributed by atoms with Crippen molar-refractivity contribution in [2.24, 2.45) is 0 Å². The lowest BCUT2D eigenvalue weighted by atomic mass is 10.1. The molecule has 3 amide bonds. The van der Waals surface area contributed by atoms with E-state index in [0.717, 1.165) is 11.1 Å². The minimum atomic E-state index is -0.898. The zero-order chi connectivity index (χ0) is 22.1. The number of hydrogen-bond donors (Lipinski definition) is 4. The molecule has 0 aliphatic heterocycles. The third kappa shape index (κ3) is 6.71. The van der Waals surface area contributed by atoms with Gasteiger partial charge in [0.2, 0.25) is 0 Å². The fraction of sp³-hybridized carbons (Fsp3) is 0.125. The standard InChI is InChI=1S/C24H23N3O4/c28-22(29)14-13-18-9-4-5-12-21(18)27-23(30)19-10-6-11-20(15-19)26-24(31)25-16-17-7-2-1-3-8-17/h1-12,15H,13-14,16H2,(H,27,30)(H,28,29)(H2,25,26,31). The van der Waals surface area contributed by atoms with Crippen LogP contribution < -0.4 is 16.0 Å². The van der Waals surface area contributed by atoms with E-state index in [1.54, 1.807) is 48.5 Å². The molecule has 0 heterocycles. The number of rotatable bonds is 8. The van der Waals surface area contributed by atoms with Gasteiger partial charge in [-0.1, -0.05) is 54.6 Å². The molecule has 3 aromatic rings. The number of carbonyl (C=O) groups is 3. The number of carboxylic acids is 1. The Labute approximate surface area is 180 Å². The van der Waals surface area contributed by atoms with E-state index in [2.05, 4.69) is 16.0 Å². The molecule has 7 heteroatoms. The Hall–Kier alpha value is -4.13. The smallest absolute Gasteiger partial charge is 0.319 e. The van der Waals surface area contributed by atoms with E-state index in [0.29, 0.717) is 29.9 Å². The normalized spacial score (nSPS) is 10.2. The number of carboxylic acid groups (broad SMARTS) is 1. The molecule has 0 fully saturated rings. The number of hydrogen-bond acceptors (Lipinski definition) is 3. The highest BCUT2D eigenvalue weighted by atomic mass is 16.4. The van der Waals surface area contributed by atoms with Crippen LogP contribution in [0.15, 0.2) is 78.9 Å². The molecule has 3 rings (SSSR count). The molecule has 0 bridgehead atoms. The molecule has 0 aromatic heterocycles. The Morgan fingerprint density at radius 3 is 2.32 bits per heavy atom. The second-order valence-corrected chi connectivity index (χ2v) is 6.88. The van der Waals surface area contributed by atoms with E-state index in [9.17, 15) is 14.4 Å². The fourth-order valence-electron chi connectivity index (χ4n) is 2.99. The van der Waals surface area contributed by atoms with Crippen molar-refractivity contribution >= 4 is 29.3 Å². The SMILES string of the molecule is O=C(O)CCc1ccccc1NC(=O)c1cccc(NC(=O)NCc2ccccc2)c1. The van der Waals surface area contributed by atoms with Gasteiger partial charge in [-0.3, -0.25) is 9.59 Å². The third-order valence-electron chi connectivity index (χ3n) is 4.55. The van der Waals surface area contributed by atoms with E-state index in [1.165, 1.54) is 0 Å². The summed E-state index contributed by atoms with van der Waals surface area (Å²) in [5, 5.41) is 17.2. The van der Waals surface area contributed by atoms with Crippen LogP contribution in [-0.4, -0.2) is 23.0 Å². The maximum atomic E-state index is 12.7. The summed E-state index contributed by atoms with van der Waals surface area (Å²) in [6, 6.07) is 22.8. The molecule has 0 unspecified atom stereocenters. The lowest BCUT2D eigenvalue weighted by Crippen LogP contribution is -2.28. The summed E-state index contributed by atoms with van der Waals surface area (Å²) in [7, 11) is 0. The van der Waals surface area contributed by atoms with Gasteiger partial charge < -0.3 is 21.1 Å². The van der Waals surface area contributed by atoms with Crippen LogP contribution in [0.1, 0.15) is 27.9 Å². The van der Waals surface area contributed by atoms with Gasteiger partial charge in [-0.25, -0.2) is 4.79 Å². The van der Waals surface area contributed by atoms with Crippen LogP contribution in [0.4, 0.5) is 16.2 Å². The molecule has 31 heavy (non-hydrogen) atoms. The molecule has 0 radical (unpaired) electrons. The van der Waals surface area contributed by atoms with Crippen molar-refractivity contribution in [3.63, 3.8) is 0 Å². The number of nitrogens with one attached hydrogen (secondary N) is 3. The highest BCUT2D eigenvalue weighted by molar-refractivity contribution is 6.05. The van der Waals surface area contributed by atoms with Gasteiger partial charge in [0.15, 0.2) is 0 Å². The van der Waals surface area contributed by atoms with Gasteiger partial charge in [-0.05, 0) is 41.8 Å². The molecule has 4 N–H and O–H groups in total. The number of amides is 3. The molecule has 7 nitrogen and oxygen atoms in total. The largest absolute Gasteiger partial charge is 0.481 e. The van der Waals surface area contributed by atoms with Crippen LogP contribution in [0.2, 0.25) is 0 Å². The van der Waals surface area contributed by atoms with E-state index in [-0.39, 0.29) is 18.4 Å². The van der Waals surface area contributed by atoms with Gasteiger partial charge in [-0.2, -0.15) is 0 Å². The molecule has 0 spiro atoms. The van der Waals surface area contributed by atoms with E-state index in [4.69, 9.17) is 5.11 Å². The first-order valence-corrected chi connectivity index (χ1v) is 9.81. The number of anilines is 2. The Kier molecular flexibility index (Phi) is 7.37. The predicted molar refractivity (Wildman–Crippen MR) is 119 cm³/mol. The Morgan fingerprint density at radius 2 is 1.55 bits per heavy atom. The Bertz CT molecular complexity index is 1070. The van der Waals surface area contributed by atoms with Crippen LogP contribution in [0.25, 0.3) is 0 Å². The Morgan fingerprint density at radius 1 is 0.806 bits per heavy atom. The fourth-order valence-corrected chi connectivity index (χ4v) is 2.99. The number of aryl methyl sites for hydroxylation is 1. The van der Waals surface area contributed by atoms with Crippen LogP contribution in [0.3, 0.4) is 0 Å². The highest BCUT2D eigenvalue weighted by Gasteiger charge is 2.11. The van der Waals surface area contributed by atoms with Gasteiger partial charge >= 0.3 is 12.0 Å². The second-order valence-electron chi connectivity index (χ2n) is 6.88. The van der Waals surface area contributed by atoms with Crippen molar-refractivity contribution in [3.8, 4) is 0 Å². The topological polar surface area (TPSA) is 108 Å². The third-order valence-corrected chi connectivity index (χ3v) is 4.55. The van der Waals surface area contributed by atoms with Crippen LogP contribution >= 0.6 is 0 Å². The lowest BCUT2D eigenvalue weighted by molar-refractivity contribution is -0.136. The summed E-state index contributed by atoms with van der Waals surface area (Å²) in [5.74, 6) is -1.25. The number of carbonyl (C=O) groups excluding carboxylic acids is 2. The molecule has 158 valence electrons.